The van der Waals surface area contributed by atoms with Crippen molar-refractivity contribution in [2.75, 3.05) is 4.90 Å². The summed E-state index contributed by atoms with van der Waals surface area (Å²) >= 11 is 13.0. The van der Waals surface area contributed by atoms with Crippen LogP contribution in [-0.2, 0) is 11.3 Å². The average molecular weight is 595 g/mol. The number of anilines is 1. The molecular weight excluding hydrogens is 567 g/mol. The van der Waals surface area contributed by atoms with Gasteiger partial charge in [-0.2, -0.15) is 0 Å². The second-order valence-electron chi connectivity index (χ2n) is 11.2. The van der Waals surface area contributed by atoms with Gasteiger partial charge in [0.1, 0.15) is 11.5 Å². The van der Waals surface area contributed by atoms with Crippen LogP contribution >= 0.6 is 23.2 Å². The van der Waals surface area contributed by atoms with E-state index in [2.05, 4.69) is 20.3 Å². The number of aromatic nitrogens is 3. The van der Waals surface area contributed by atoms with Gasteiger partial charge in [-0.3, -0.25) is 0 Å². The van der Waals surface area contributed by atoms with Gasteiger partial charge in [0.15, 0.2) is 0 Å². The Bertz CT molecular complexity index is 1600. The topological polar surface area (TPSA) is 115 Å². The van der Waals surface area contributed by atoms with Gasteiger partial charge in [-0.15, -0.1) is 5.10 Å². The molecule has 3 atom stereocenters. The van der Waals surface area contributed by atoms with Crippen LogP contribution in [0.15, 0.2) is 45.3 Å². The second-order valence-corrected chi connectivity index (χ2v) is 12.0. The van der Waals surface area contributed by atoms with Gasteiger partial charge >= 0.3 is 12.0 Å². The van der Waals surface area contributed by atoms with E-state index < -0.39 is 5.97 Å². The number of aromatic carboxylic acids is 1. The summed E-state index contributed by atoms with van der Waals surface area (Å²) in [7, 11) is 0. The molecule has 0 amide bonds. The molecule has 3 aliphatic rings. The Hall–Kier alpha value is -3.40. The third kappa shape index (κ3) is 4.90. The van der Waals surface area contributed by atoms with Crippen molar-refractivity contribution in [3.05, 3.63) is 68.9 Å². The van der Waals surface area contributed by atoms with E-state index in [1.807, 2.05) is 6.07 Å². The molecule has 3 fully saturated rings. The number of ether oxygens (including phenoxy) is 1. The van der Waals surface area contributed by atoms with Crippen molar-refractivity contribution >= 4 is 35.2 Å². The first kappa shape index (κ1) is 26.5. The van der Waals surface area contributed by atoms with E-state index in [0.717, 1.165) is 49.8 Å². The van der Waals surface area contributed by atoms with E-state index in [-0.39, 0.29) is 23.8 Å². The van der Waals surface area contributed by atoms with E-state index >= 15 is 0 Å². The number of benzene rings is 2. The van der Waals surface area contributed by atoms with Crippen LogP contribution < -0.4 is 4.90 Å². The summed E-state index contributed by atoms with van der Waals surface area (Å²) in [5, 5.41) is 23.5. The molecule has 11 heteroatoms. The summed E-state index contributed by atoms with van der Waals surface area (Å²) in [6.07, 6.45) is 5.88. The van der Waals surface area contributed by atoms with Gasteiger partial charge in [0.25, 0.3) is 0 Å². The highest BCUT2D eigenvalue weighted by Gasteiger charge is 2.44. The quantitative estimate of drug-likeness (QED) is 0.224. The molecule has 212 valence electrons. The smallest absolute Gasteiger partial charge is 0.335 e. The maximum atomic E-state index is 11.6. The third-order valence-corrected chi connectivity index (χ3v) is 9.10. The van der Waals surface area contributed by atoms with Crippen LogP contribution in [0, 0.1) is 6.92 Å². The highest BCUT2D eigenvalue weighted by Crippen LogP contribution is 2.47. The Morgan fingerprint density at radius 3 is 2.49 bits per heavy atom. The molecule has 0 radical (unpaired) electrons. The normalized spacial score (nSPS) is 21.9. The highest BCUT2D eigenvalue weighted by atomic mass is 35.5. The van der Waals surface area contributed by atoms with Gasteiger partial charge in [-0.1, -0.05) is 45.6 Å². The fourth-order valence-corrected chi connectivity index (χ4v) is 6.82. The zero-order chi connectivity index (χ0) is 28.2. The standard InChI is InChI=1S/C30H28Cl2N4O5/c1-15-5-6-17(11-21(15)29(37)38)28-33-34-30(40-28)36-18-9-10-19(36)13-20(12-18)39-14-22-26(35-41-27(22)16-7-8-16)25-23(31)3-2-4-24(25)32/h2-6,11,16,18-20H,7-10,12-14H2,1H3,(H,37,38)/t18-,19+,20?. The zero-order valence-electron chi connectivity index (χ0n) is 22.3. The van der Waals surface area contributed by atoms with Crippen molar-refractivity contribution in [2.24, 2.45) is 0 Å². The van der Waals surface area contributed by atoms with Crippen molar-refractivity contribution in [1.29, 1.82) is 0 Å². The monoisotopic (exact) mass is 594 g/mol. The molecule has 2 aliphatic heterocycles. The molecule has 1 N–H and O–H groups in total. The lowest BCUT2D eigenvalue weighted by Crippen LogP contribution is -2.45. The fraction of sp³-hybridized carbons (Fsp3) is 0.400. The van der Waals surface area contributed by atoms with Crippen LogP contribution in [0.5, 0.6) is 0 Å². The number of rotatable bonds is 8. The molecule has 2 saturated heterocycles. The van der Waals surface area contributed by atoms with E-state index in [0.29, 0.717) is 56.9 Å². The third-order valence-electron chi connectivity index (χ3n) is 8.47. The molecule has 2 bridgehead atoms. The summed E-state index contributed by atoms with van der Waals surface area (Å²) < 4.78 is 18.4. The van der Waals surface area contributed by atoms with E-state index in [1.54, 1.807) is 37.3 Å². The van der Waals surface area contributed by atoms with Crippen LogP contribution in [0.4, 0.5) is 6.01 Å². The van der Waals surface area contributed by atoms with Crippen molar-refractivity contribution in [3.8, 4) is 22.7 Å². The minimum Gasteiger partial charge on any atom is -0.478 e. The Balaban J connectivity index is 1.07. The Kier molecular flexibility index (Phi) is 6.76. The summed E-state index contributed by atoms with van der Waals surface area (Å²) in [4.78, 5) is 13.8. The Morgan fingerprint density at radius 1 is 1.07 bits per heavy atom. The zero-order valence-corrected chi connectivity index (χ0v) is 23.9. The summed E-state index contributed by atoms with van der Waals surface area (Å²) in [5.41, 5.74) is 3.75. The number of hydrogen-bond acceptors (Lipinski definition) is 8. The SMILES string of the molecule is Cc1ccc(-c2nnc(N3[C@@H]4CC[C@H]3CC(OCc3c(-c5c(Cl)cccc5Cl)noc3C3CC3)C4)o2)cc1C(=O)O. The first-order valence-corrected chi connectivity index (χ1v) is 14.6. The summed E-state index contributed by atoms with van der Waals surface area (Å²) in [5.74, 6) is 0.561. The van der Waals surface area contributed by atoms with Gasteiger partial charge < -0.3 is 23.7 Å². The average Bonchev–Trinajstić information content (AvgIpc) is 3.42. The number of fused-ring (bicyclic) bond motifs is 2. The maximum absolute atomic E-state index is 11.6. The lowest BCUT2D eigenvalue weighted by atomic mass is 10.00. The number of halogens is 2. The molecule has 4 heterocycles. The number of hydrogen-bond donors (Lipinski definition) is 1. The Morgan fingerprint density at radius 2 is 1.80 bits per heavy atom. The maximum Gasteiger partial charge on any atom is 0.335 e. The molecular formula is C30H28Cl2N4O5. The van der Waals surface area contributed by atoms with Crippen LogP contribution in [0.2, 0.25) is 10.0 Å². The van der Waals surface area contributed by atoms with Crippen LogP contribution in [0.1, 0.15) is 71.7 Å². The molecule has 0 spiro atoms. The van der Waals surface area contributed by atoms with Crippen molar-refractivity contribution in [3.63, 3.8) is 0 Å². The number of aryl methyl sites for hydroxylation is 1. The minimum atomic E-state index is -0.984. The van der Waals surface area contributed by atoms with Gasteiger partial charge in [0.05, 0.1) is 28.3 Å². The lowest BCUT2D eigenvalue weighted by molar-refractivity contribution is 0.0139. The minimum absolute atomic E-state index is 0.0536. The van der Waals surface area contributed by atoms with Gasteiger partial charge in [0, 0.05) is 34.7 Å². The van der Waals surface area contributed by atoms with E-state index in [9.17, 15) is 9.90 Å². The molecule has 2 aromatic carbocycles. The number of nitrogens with zero attached hydrogens (tertiary/aromatic N) is 4. The molecule has 1 unspecified atom stereocenters. The second kappa shape index (κ2) is 10.5. The van der Waals surface area contributed by atoms with Crippen molar-refractivity contribution < 1.29 is 23.6 Å². The molecule has 9 nitrogen and oxygen atoms in total. The van der Waals surface area contributed by atoms with Crippen LogP contribution in [-0.4, -0.2) is 44.6 Å². The predicted molar refractivity (Wildman–Crippen MR) is 152 cm³/mol. The number of carboxylic acid groups (broad SMARTS) is 1. The van der Waals surface area contributed by atoms with Crippen molar-refractivity contribution in [2.45, 2.75) is 76.2 Å². The Labute approximate surface area is 246 Å². The van der Waals surface area contributed by atoms with Gasteiger partial charge in [0.2, 0.25) is 5.89 Å². The number of carbonyl (C=O) groups is 1. The van der Waals surface area contributed by atoms with Crippen LogP contribution in [0.3, 0.4) is 0 Å². The fourth-order valence-electron chi connectivity index (χ4n) is 6.25. The van der Waals surface area contributed by atoms with E-state index in [4.69, 9.17) is 36.9 Å². The predicted octanol–water partition coefficient (Wildman–Crippen LogP) is 7.30. The van der Waals surface area contributed by atoms with Gasteiger partial charge in [-0.05, 0) is 75.3 Å². The molecule has 4 aromatic rings. The summed E-state index contributed by atoms with van der Waals surface area (Å²) in [6.45, 7) is 2.14. The highest BCUT2D eigenvalue weighted by molar-refractivity contribution is 6.39. The summed E-state index contributed by atoms with van der Waals surface area (Å²) in [6, 6.07) is 11.4. The van der Waals surface area contributed by atoms with Gasteiger partial charge in [-0.25, -0.2) is 4.79 Å². The first-order valence-electron chi connectivity index (χ1n) is 13.9. The number of piperidine rings is 1. The van der Waals surface area contributed by atoms with Crippen LogP contribution in [0.25, 0.3) is 22.7 Å². The largest absolute Gasteiger partial charge is 0.478 e. The first-order chi connectivity index (χ1) is 19.9. The van der Waals surface area contributed by atoms with Crippen molar-refractivity contribution in [1.82, 2.24) is 15.4 Å². The number of carboxylic acids is 1. The molecule has 2 aromatic heterocycles. The lowest BCUT2D eigenvalue weighted by Gasteiger charge is -2.37. The molecule has 1 saturated carbocycles. The molecule has 7 rings (SSSR count). The molecule has 1 aliphatic carbocycles. The van der Waals surface area contributed by atoms with E-state index in [1.165, 1.54) is 0 Å². The molecule has 41 heavy (non-hydrogen) atoms.